The van der Waals surface area contributed by atoms with Crippen LogP contribution in [0.15, 0.2) is 41.3 Å². The van der Waals surface area contributed by atoms with E-state index in [-0.39, 0.29) is 24.6 Å². The first-order chi connectivity index (χ1) is 11.2. The summed E-state index contributed by atoms with van der Waals surface area (Å²) in [5.41, 5.74) is 1.27. The zero-order chi connectivity index (χ0) is 15.8. The third-order valence-electron chi connectivity index (χ3n) is 3.97. The SMILES string of the molecule is O=C(NC1CCSc2c(F)cccc21)c1cccc2c1OCO2. The van der Waals surface area contributed by atoms with Gasteiger partial charge in [-0.25, -0.2) is 4.39 Å². The van der Waals surface area contributed by atoms with E-state index in [2.05, 4.69) is 5.32 Å². The normalized spacial score (nSPS) is 18.4. The Hall–Kier alpha value is -2.21. The molecule has 0 saturated carbocycles. The van der Waals surface area contributed by atoms with Crippen molar-refractivity contribution in [3.63, 3.8) is 0 Å². The summed E-state index contributed by atoms with van der Waals surface area (Å²) < 4.78 is 24.6. The molecule has 1 atom stereocenters. The van der Waals surface area contributed by atoms with Crippen LogP contribution in [-0.2, 0) is 0 Å². The van der Waals surface area contributed by atoms with Crippen molar-refractivity contribution < 1.29 is 18.7 Å². The summed E-state index contributed by atoms with van der Waals surface area (Å²) in [4.78, 5) is 13.2. The fraction of sp³-hybridized carbons (Fsp3) is 0.235. The number of amides is 1. The number of fused-ring (bicyclic) bond motifs is 2. The van der Waals surface area contributed by atoms with Crippen LogP contribution < -0.4 is 14.8 Å². The molecule has 118 valence electrons. The molecule has 1 amide bonds. The Morgan fingerprint density at radius 3 is 3.00 bits per heavy atom. The lowest BCUT2D eigenvalue weighted by Gasteiger charge is -2.26. The Morgan fingerprint density at radius 2 is 2.09 bits per heavy atom. The molecule has 2 aliphatic heterocycles. The zero-order valence-corrected chi connectivity index (χ0v) is 13.0. The van der Waals surface area contributed by atoms with Gasteiger partial charge < -0.3 is 14.8 Å². The molecule has 1 N–H and O–H groups in total. The summed E-state index contributed by atoms with van der Waals surface area (Å²) in [6.07, 6.45) is 0.763. The number of hydrogen-bond donors (Lipinski definition) is 1. The highest BCUT2D eigenvalue weighted by Crippen LogP contribution is 2.39. The number of carbonyl (C=O) groups is 1. The number of halogens is 1. The van der Waals surface area contributed by atoms with Gasteiger partial charge in [0, 0.05) is 10.6 Å². The Balaban J connectivity index is 1.62. The molecular formula is C17H14FNO3S. The molecule has 0 saturated heterocycles. The van der Waals surface area contributed by atoms with Crippen LogP contribution in [0.5, 0.6) is 11.5 Å². The highest BCUT2D eigenvalue weighted by atomic mass is 32.2. The van der Waals surface area contributed by atoms with Gasteiger partial charge in [0.2, 0.25) is 6.79 Å². The molecule has 2 aliphatic rings. The summed E-state index contributed by atoms with van der Waals surface area (Å²) in [5, 5.41) is 2.99. The predicted molar refractivity (Wildman–Crippen MR) is 84.5 cm³/mol. The quantitative estimate of drug-likeness (QED) is 0.915. The number of rotatable bonds is 2. The van der Waals surface area contributed by atoms with Crippen molar-refractivity contribution in [1.82, 2.24) is 5.32 Å². The van der Waals surface area contributed by atoms with Crippen LogP contribution in [0.3, 0.4) is 0 Å². The molecule has 0 radical (unpaired) electrons. The van der Waals surface area contributed by atoms with Gasteiger partial charge in [0.05, 0.1) is 11.6 Å². The van der Waals surface area contributed by atoms with Crippen LogP contribution in [0.2, 0.25) is 0 Å². The van der Waals surface area contributed by atoms with E-state index in [1.165, 1.54) is 17.8 Å². The average molecular weight is 331 g/mol. The van der Waals surface area contributed by atoms with Crippen molar-refractivity contribution in [2.24, 2.45) is 0 Å². The molecular weight excluding hydrogens is 317 g/mol. The topological polar surface area (TPSA) is 47.6 Å². The number of hydrogen-bond acceptors (Lipinski definition) is 4. The molecule has 0 aromatic heterocycles. The highest BCUT2D eigenvalue weighted by Gasteiger charge is 2.27. The standard InChI is InChI=1S/C17H14FNO3S/c18-12-5-1-3-10-13(7-8-23-16(10)12)19-17(20)11-4-2-6-14-15(11)22-9-21-14/h1-6,13H,7-9H2,(H,19,20). The van der Waals surface area contributed by atoms with Gasteiger partial charge >= 0.3 is 0 Å². The van der Waals surface area contributed by atoms with Crippen molar-refractivity contribution in [3.8, 4) is 11.5 Å². The van der Waals surface area contributed by atoms with E-state index in [0.717, 1.165) is 17.7 Å². The monoisotopic (exact) mass is 331 g/mol. The van der Waals surface area contributed by atoms with E-state index in [1.807, 2.05) is 6.07 Å². The highest BCUT2D eigenvalue weighted by molar-refractivity contribution is 7.99. The summed E-state index contributed by atoms with van der Waals surface area (Å²) in [6, 6.07) is 10.0. The van der Waals surface area contributed by atoms with Crippen LogP contribution in [0.4, 0.5) is 4.39 Å². The lowest BCUT2D eigenvalue weighted by Crippen LogP contribution is -2.31. The maximum Gasteiger partial charge on any atom is 0.255 e. The largest absolute Gasteiger partial charge is 0.454 e. The molecule has 23 heavy (non-hydrogen) atoms. The van der Waals surface area contributed by atoms with Crippen LogP contribution in [0, 0.1) is 5.82 Å². The molecule has 0 spiro atoms. The number of carbonyl (C=O) groups excluding carboxylic acids is 1. The fourth-order valence-corrected chi connectivity index (χ4v) is 4.02. The molecule has 0 fully saturated rings. The van der Waals surface area contributed by atoms with Crippen molar-refractivity contribution in [2.75, 3.05) is 12.5 Å². The second-order valence-electron chi connectivity index (χ2n) is 5.36. The van der Waals surface area contributed by atoms with E-state index < -0.39 is 0 Å². The van der Waals surface area contributed by atoms with Gasteiger partial charge in [-0.2, -0.15) is 0 Å². The first-order valence-electron chi connectivity index (χ1n) is 7.35. The Kier molecular flexibility index (Phi) is 3.61. The van der Waals surface area contributed by atoms with Crippen LogP contribution in [0.1, 0.15) is 28.4 Å². The van der Waals surface area contributed by atoms with Crippen molar-refractivity contribution >= 4 is 17.7 Å². The van der Waals surface area contributed by atoms with Gasteiger partial charge in [-0.15, -0.1) is 11.8 Å². The maximum atomic E-state index is 13.9. The Bertz CT molecular complexity index is 780. The summed E-state index contributed by atoms with van der Waals surface area (Å²) in [6.45, 7) is 0.119. The van der Waals surface area contributed by atoms with Crippen LogP contribution >= 0.6 is 11.8 Å². The molecule has 6 heteroatoms. The first-order valence-corrected chi connectivity index (χ1v) is 8.33. The van der Waals surface area contributed by atoms with Crippen molar-refractivity contribution in [3.05, 3.63) is 53.3 Å². The third-order valence-corrected chi connectivity index (χ3v) is 5.13. The minimum atomic E-state index is -0.237. The fourth-order valence-electron chi connectivity index (χ4n) is 2.88. The second-order valence-corrected chi connectivity index (χ2v) is 6.47. The molecule has 2 aromatic carbocycles. The van der Waals surface area contributed by atoms with Gasteiger partial charge in [0.25, 0.3) is 5.91 Å². The second kappa shape index (κ2) is 5.77. The van der Waals surface area contributed by atoms with Gasteiger partial charge in [-0.3, -0.25) is 4.79 Å². The summed E-state index contributed by atoms with van der Waals surface area (Å²) in [7, 11) is 0. The molecule has 4 rings (SSSR count). The van der Waals surface area contributed by atoms with E-state index >= 15 is 0 Å². The Morgan fingerprint density at radius 1 is 1.22 bits per heavy atom. The number of ether oxygens (including phenoxy) is 2. The van der Waals surface area contributed by atoms with Crippen molar-refractivity contribution in [2.45, 2.75) is 17.4 Å². The van der Waals surface area contributed by atoms with Crippen LogP contribution in [0.25, 0.3) is 0 Å². The smallest absolute Gasteiger partial charge is 0.255 e. The molecule has 4 nitrogen and oxygen atoms in total. The van der Waals surface area contributed by atoms with Gasteiger partial charge in [-0.05, 0) is 30.2 Å². The third kappa shape index (κ3) is 2.53. The van der Waals surface area contributed by atoms with Gasteiger partial charge in [0.15, 0.2) is 11.5 Å². The molecule has 0 bridgehead atoms. The van der Waals surface area contributed by atoms with Crippen LogP contribution in [-0.4, -0.2) is 18.5 Å². The lowest BCUT2D eigenvalue weighted by atomic mass is 10.0. The minimum absolute atomic E-state index is 0.119. The first kappa shape index (κ1) is 14.4. The van der Waals surface area contributed by atoms with Crippen molar-refractivity contribution in [1.29, 1.82) is 0 Å². The van der Waals surface area contributed by atoms with Gasteiger partial charge in [0.1, 0.15) is 5.82 Å². The summed E-state index contributed by atoms with van der Waals surface area (Å²) >= 11 is 1.49. The van der Waals surface area contributed by atoms with E-state index in [1.54, 1.807) is 24.3 Å². The lowest BCUT2D eigenvalue weighted by molar-refractivity contribution is 0.0930. The number of thioether (sulfide) groups is 1. The van der Waals surface area contributed by atoms with Gasteiger partial charge in [-0.1, -0.05) is 18.2 Å². The molecule has 1 unspecified atom stereocenters. The maximum absolute atomic E-state index is 13.9. The molecule has 2 aromatic rings. The zero-order valence-electron chi connectivity index (χ0n) is 12.2. The van der Waals surface area contributed by atoms with E-state index in [9.17, 15) is 9.18 Å². The molecule has 0 aliphatic carbocycles. The average Bonchev–Trinajstić information content (AvgIpc) is 3.04. The summed E-state index contributed by atoms with van der Waals surface area (Å²) in [5.74, 6) is 1.34. The van der Waals surface area contributed by atoms with E-state index in [0.29, 0.717) is 22.0 Å². The minimum Gasteiger partial charge on any atom is -0.454 e. The Labute approximate surface area is 137 Å². The molecule has 2 heterocycles. The number of para-hydroxylation sites is 1. The number of benzene rings is 2. The van der Waals surface area contributed by atoms with E-state index in [4.69, 9.17) is 9.47 Å². The number of nitrogens with one attached hydrogen (secondary N) is 1. The predicted octanol–water partition coefficient (Wildman–Crippen LogP) is 3.52.